The maximum absolute atomic E-state index is 12.3. The van der Waals surface area contributed by atoms with Gasteiger partial charge in [0, 0.05) is 0 Å². The Kier molecular flexibility index (Phi) is 5.07. The Morgan fingerprint density at radius 2 is 1.50 bits per heavy atom. The van der Waals surface area contributed by atoms with Crippen LogP contribution in [0.2, 0.25) is 19.1 Å². The van der Waals surface area contributed by atoms with E-state index in [1.165, 1.54) is 0 Å². The summed E-state index contributed by atoms with van der Waals surface area (Å²) in [5.41, 5.74) is 0. The van der Waals surface area contributed by atoms with Crippen molar-refractivity contribution in [1.29, 1.82) is 0 Å². The molecule has 18 heavy (non-hydrogen) atoms. The number of halogens is 7. The van der Waals surface area contributed by atoms with Crippen LogP contribution in [0.1, 0.15) is 0 Å². The molecule has 110 valence electrons. The first-order chi connectivity index (χ1) is 7.55. The van der Waals surface area contributed by atoms with E-state index in [0.717, 1.165) is 13.1 Å². The van der Waals surface area contributed by atoms with E-state index in [9.17, 15) is 35.1 Å². The largest absolute Gasteiger partial charge is 0.500 e. The molecule has 1 unspecified atom stereocenters. The van der Waals surface area contributed by atoms with Crippen molar-refractivity contribution in [3.05, 3.63) is 0 Å². The molecule has 0 spiro atoms. The average molecular weight is 322 g/mol. The van der Waals surface area contributed by atoms with Gasteiger partial charge in [-0.15, -0.1) is 4.20 Å². The third-order valence-corrected chi connectivity index (χ3v) is 6.11. The molecule has 3 nitrogen and oxygen atoms in total. The highest BCUT2D eigenvalue weighted by atomic mass is 31.2. The van der Waals surface area contributed by atoms with E-state index in [1.54, 1.807) is 0 Å². The van der Waals surface area contributed by atoms with Gasteiger partial charge in [-0.2, -0.15) is 26.3 Å². The van der Waals surface area contributed by atoms with Crippen molar-refractivity contribution in [2.24, 2.45) is 5.92 Å². The van der Waals surface area contributed by atoms with Gasteiger partial charge >= 0.3 is 20.3 Å². The molecule has 0 amide bonds. The highest BCUT2D eigenvalue weighted by Crippen LogP contribution is 2.50. The van der Waals surface area contributed by atoms with Crippen LogP contribution in [-0.2, 0) is 8.78 Å². The predicted octanol–water partition coefficient (Wildman–Crippen LogP) is 4.02. The maximum atomic E-state index is 12.3. The molecule has 0 saturated carbocycles. The molecule has 0 aromatic carbocycles. The Labute approximate surface area is 98.7 Å². The molecule has 0 radical (unpaired) electrons. The Hall–Kier alpha value is -0.123. The van der Waals surface area contributed by atoms with Crippen LogP contribution < -0.4 is 0 Å². The van der Waals surface area contributed by atoms with E-state index in [-0.39, 0.29) is 0 Å². The molecule has 1 N–H and O–H groups in total. The fourth-order valence-electron chi connectivity index (χ4n) is 1.25. The minimum absolute atomic E-state index is 0.792. The van der Waals surface area contributed by atoms with E-state index in [1.807, 2.05) is 0 Å². The quantitative estimate of drug-likeness (QED) is 0.483. The van der Waals surface area contributed by atoms with Crippen molar-refractivity contribution < 1.29 is 44.2 Å². The summed E-state index contributed by atoms with van der Waals surface area (Å²) in [6.45, 7) is 1.58. The highest BCUT2D eigenvalue weighted by Gasteiger charge is 2.59. The third-order valence-electron chi connectivity index (χ3n) is 1.85. The molecule has 0 aromatic rings. The second kappa shape index (κ2) is 5.10. The van der Waals surface area contributed by atoms with Crippen LogP contribution in [-0.4, -0.2) is 25.6 Å². The van der Waals surface area contributed by atoms with Gasteiger partial charge < -0.3 is 4.21 Å². The van der Waals surface area contributed by atoms with Gasteiger partial charge in [0.05, 0.1) is 0 Å². The Balaban J connectivity index is 5.07. The van der Waals surface area contributed by atoms with Gasteiger partial charge in [-0.1, -0.05) is 0 Å². The standard InChI is InChI=1S/C6H10F7O3PSi/c1-18(2,16-17(13,14)15)3-4(5(7,8)9)6(10,11)12/h4H,3H2,1-2H3,(H,14,15). The van der Waals surface area contributed by atoms with Crippen LogP contribution in [0.4, 0.5) is 30.5 Å². The van der Waals surface area contributed by atoms with Crippen LogP contribution in [0.15, 0.2) is 0 Å². The van der Waals surface area contributed by atoms with Gasteiger partial charge in [0.25, 0.3) is 0 Å². The van der Waals surface area contributed by atoms with E-state index in [0.29, 0.717) is 0 Å². The summed E-state index contributed by atoms with van der Waals surface area (Å²) in [5.74, 6) is -3.71. The first-order valence-corrected chi connectivity index (χ1v) is 9.00. The number of alkyl halides is 6. The SMILES string of the molecule is C[Si](C)(CC(C(F)(F)F)C(F)(F)F)OP(=O)(O)F. The molecule has 1 atom stereocenters. The summed E-state index contributed by atoms with van der Waals surface area (Å²) in [7, 11) is -9.57. The smallest absolute Gasteiger partial charge is 0.327 e. The predicted molar refractivity (Wildman–Crippen MR) is 49.9 cm³/mol. The van der Waals surface area contributed by atoms with E-state index in [4.69, 9.17) is 4.89 Å². The van der Waals surface area contributed by atoms with Gasteiger partial charge in [-0.3, -0.25) is 4.89 Å². The van der Waals surface area contributed by atoms with Gasteiger partial charge in [0.15, 0.2) is 0 Å². The Morgan fingerprint density at radius 3 is 1.72 bits per heavy atom. The molecular formula is C6H10F7O3PSi. The van der Waals surface area contributed by atoms with Gasteiger partial charge in [0.1, 0.15) is 5.92 Å². The van der Waals surface area contributed by atoms with E-state index >= 15 is 0 Å². The van der Waals surface area contributed by atoms with E-state index < -0.39 is 40.5 Å². The zero-order valence-corrected chi connectivity index (χ0v) is 11.0. The van der Waals surface area contributed by atoms with Crippen LogP contribution in [0.5, 0.6) is 0 Å². The first kappa shape index (κ1) is 17.9. The van der Waals surface area contributed by atoms with Crippen molar-refractivity contribution in [2.45, 2.75) is 31.5 Å². The minimum atomic E-state index is -5.62. The summed E-state index contributed by atoms with van der Waals surface area (Å²) < 4.78 is 99.6. The fourth-order valence-corrected chi connectivity index (χ4v) is 5.43. The lowest BCUT2D eigenvalue weighted by atomic mass is 10.1. The molecule has 0 saturated heterocycles. The van der Waals surface area contributed by atoms with Crippen molar-refractivity contribution >= 4 is 16.2 Å². The van der Waals surface area contributed by atoms with E-state index in [2.05, 4.69) is 4.21 Å². The summed E-state index contributed by atoms with van der Waals surface area (Å²) in [6, 6.07) is -1.59. The van der Waals surface area contributed by atoms with Gasteiger partial charge in [-0.25, -0.2) is 4.57 Å². The van der Waals surface area contributed by atoms with Crippen molar-refractivity contribution in [3.63, 3.8) is 0 Å². The molecule has 0 fully saturated rings. The second-order valence-electron chi connectivity index (χ2n) is 4.14. The number of rotatable bonds is 4. The zero-order valence-electron chi connectivity index (χ0n) is 9.14. The number of hydrogen-bond acceptors (Lipinski definition) is 2. The fraction of sp³-hybridized carbons (Fsp3) is 1.00. The zero-order chi connectivity index (χ0) is 15.0. The topological polar surface area (TPSA) is 46.5 Å². The normalized spacial score (nSPS) is 17.9. The van der Waals surface area contributed by atoms with Gasteiger partial charge in [0.2, 0.25) is 8.32 Å². The van der Waals surface area contributed by atoms with Crippen LogP contribution >= 0.6 is 7.91 Å². The lowest BCUT2D eigenvalue weighted by Gasteiger charge is -2.29. The molecule has 0 aliphatic heterocycles. The van der Waals surface area contributed by atoms with Crippen molar-refractivity contribution in [2.75, 3.05) is 0 Å². The lowest BCUT2D eigenvalue weighted by molar-refractivity contribution is -0.278. The second-order valence-corrected chi connectivity index (χ2v) is 9.70. The van der Waals surface area contributed by atoms with Crippen LogP contribution in [0.25, 0.3) is 0 Å². The molecule has 0 rings (SSSR count). The van der Waals surface area contributed by atoms with Crippen LogP contribution in [0.3, 0.4) is 0 Å². The summed E-state index contributed by atoms with van der Waals surface area (Å²) in [5, 5.41) is 0. The minimum Gasteiger partial charge on any atom is -0.327 e. The summed E-state index contributed by atoms with van der Waals surface area (Å²) in [6.07, 6.45) is -11.2. The van der Waals surface area contributed by atoms with Gasteiger partial charge in [-0.05, 0) is 19.1 Å². The molecule has 0 aromatic heterocycles. The monoisotopic (exact) mass is 322 g/mol. The van der Waals surface area contributed by atoms with Crippen LogP contribution in [0, 0.1) is 5.92 Å². The first-order valence-electron chi connectivity index (χ1n) is 4.41. The molecule has 0 aliphatic rings. The van der Waals surface area contributed by atoms with Crippen molar-refractivity contribution in [3.8, 4) is 0 Å². The van der Waals surface area contributed by atoms with Crippen molar-refractivity contribution in [1.82, 2.24) is 0 Å². The molecule has 0 heterocycles. The summed E-state index contributed by atoms with van der Waals surface area (Å²) in [4.78, 5) is 8.21. The molecule has 12 heteroatoms. The average Bonchev–Trinajstić information content (AvgIpc) is 1.90. The Bertz CT molecular complexity index is 319. The lowest BCUT2D eigenvalue weighted by Crippen LogP contribution is -2.43. The molecule has 0 aliphatic carbocycles. The maximum Gasteiger partial charge on any atom is 0.500 e. The summed E-state index contributed by atoms with van der Waals surface area (Å²) >= 11 is 0. The number of hydrogen-bond donors (Lipinski definition) is 1. The molecule has 0 bridgehead atoms. The third kappa shape index (κ3) is 6.71. The Morgan fingerprint density at radius 1 is 1.17 bits per heavy atom. The highest BCUT2D eigenvalue weighted by molar-refractivity contribution is 7.48. The molecular weight excluding hydrogens is 312 g/mol.